The van der Waals surface area contributed by atoms with Gasteiger partial charge in [0.1, 0.15) is 76.4 Å². The van der Waals surface area contributed by atoms with Crippen molar-refractivity contribution in [3.63, 3.8) is 0 Å². The molecule has 0 amide bonds. The molecule has 0 heterocycles. The van der Waals surface area contributed by atoms with Crippen LogP contribution in [0.3, 0.4) is 0 Å². The molecule has 0 saturated heterocycles. The van der Waals surface area contributed by atoms with Crippen LogP contribution in [-0.2, 0) is 42.9 Å². The minimum absolute atomic E-state index is 0.196. The Morgan fingerprint density at radius 1 is 0.343 bits per heavy atom. The molecule has 0 spiro atoms. The third kappa shape index (κ3) is 14.8. The van der Waals surface area contributed by atoms with E-state index in [2.05, 4.69) is 0 Å². The molecular formula is C51H44O19. The van der Waals surface area contributed by atoms with Crippen molar-refractivity contribution in [3.8, 4) is 28.7 Å². The second-order valence-electron chi connectivity index (χ2n) is 14.8. The second-order valence-corrected chi connectivity index (χ2v) is 14.8. The minimum Gasteiger partial charge on any atom is -0.458 e. The van der Waals surface area contributed by atoms with Crippen LogP contribution in [0.1, 0.15) is 92.8 Å². The maximum atomic E-state index is 14.6. The normalized spacial score (nSPS) is 11.8. The lowest BCUT2D eigenvalue weighted by molar-refractivity contribution is -0.132. The second kappa shape index (κ2) is 24.7. The van der Waals surface area contributed by atoms with Crippen LogP contribution in [0.5, 0.6) is 28.7 Å². The topological polar surface area (TPSA) is 254 Å². The van der Waals surface area contributed by atoms with Gasteiger partial charge in [-0.1, -0.05) is 60.7 Å². The van der Waals surface area contributed by atoms with E-state index in [9.17, 15) is 47.9 Å². The lowest BCUT2D eigenvalue weighted by Gasteiger charge is -2.32. The molecule has 0 aromatic heterocycles. The Morgan fingerprint density at radius 2 is 0.586 bits per heavy atom. The average molecular weight is 961 g/mol. The highest BCUT2D eigenvalue weighted by Gasteiger charge is 2.41. The smallest absolute Gasteiger partial charge is 0.342 e. The van der Waals surface area contributed by atoms with Crippen molar-refractivity contribution in [2.75, 3.05) is 13.2 Å². The molecule has 5 aromatic carbocycles. The Labute approximate surface area is 399 Å². The van der Waals surface area contributed by atoms with E-state index in [-0.39, 0.29) is 56.6 Å². The van der Waals surface area contributed by atoms with Crippen LogP contribution >= 0.6 is 0 Å². The molecular weight excluding hydrogens is 917 g/mol. The van der Waals surface area contributed by atoms with Crippen molar-refractivity contribution < 1.29 is 90.6 Å². The van der Waals surface area contributed by atoms with Crippen molar-refractivity contribution in [2.24, 2.45) is 5.92 Å². The van der Waals surface area contributed by atoms with Crippen LogP contribution in [0.4, 0.5) is 0 Å². The Morgan fingerprint density at radius 3 is 0.871 bits per heavy atom. The molecule has 2 atom stereocenters. The summed E-state index contributed by atoms with van der Waals surface area (Å²) in [4.78, 5) is 131. The number of hydrogen-bond donors (Lipinski definition) is 0. The molecule has 70 heavy (non-hydrogen) atoms. The molecule has 5 aromatic rings. The van der Waals surface area contributed by atoms with Gasteiger partial charge in [-0.15, -0.1) is 0 Å². The minimum atomic E-state index is -1.90. The lowest BCUT2D eigenvalue weighted by atomic mass is 9.88. The van der Waals surface area contributed by atoms with E-state index in [1.807, 2.05) is 0 Å². The van der Waals surface area contributed by atoms with Crippen LogP contribution in [-0.4, -0.2) is 84.9 Å². The molecule has 0 aliphatic heterocycles. The fourth-order valence-electron chi connectivity index (χ4n) is 6.65. The van der Waals surface area contributed by atoms with Crippen LogP contribution in [0.2, 0.25) is 0 Å². The van der Waals surface area contributed by atoms with Crippen LogP contribution in [0.15, 0.2) is 121 Å². The predicted molar refractivity (Wildman–Crippen MR) is 240 cm³/mol. The van der Waals surface area contributed by atoms with Gasteiger partial charge in [0, 0.05) is 47.0 Å². The number of rotatable bonds is 20. The van der Waals surface area contributed by atoms with E-state index >= 15 is 0 Å². The summed E-state index contributed by atoms with van der Waals surface area (Å²) in [6.07, 6.45) is -4.64. The Kier molecular flexibility index (Phi) is 18.3. The van der Waals surface area contributed by atoms with Crippen molar-refractivity contribution in [1.82, 2.24) is 0 Å². The van der Waals surface area contributed by atoms with Gasteiger partial charge >= 0.3 is 53.7 Å². The maximum Gasteiger partial charge on any atom is 0.342 e. The number of hydrogen-bond acceptors (Lipinski definition) is 19. The van der Waals surface area contributed by atoms with E-state index in [4.69, 9.17) is 42.6 Å². The summed E-state index contributed by atoms with van der Waals surface area (Å²) in [5.41, 5.74) is -1.40. The zero-order chi connectivity index (χ0) is 50.9. The van der Waals surface area contributed by atoms with Gasteiger partial charge in [-0.25, -0.2) is 19.2 Å². The van der Waals surface area contributed by atoms with Crippen molar-refractivity contribution in [3.05, 3.63) is 149 Å². The third-order valence-electron chi connectivity index (χ3n) is 9.53. The zero-order valence-electron chi connectivity index (χ0n) is 38.2. The molecule has 2 unspecified atom stereocenters. The number of ketones is 1. The first-order chi connectivity index (χ1) is 33.4. The molecule has 0 aliphatic carbocycles. The van der Waals surface area contributed by atoms with Gasteiger partial charge in [-0.2, -0.15) is 0 Å². The van der Waals surface area contributed by atoms with Crippen molar-refractivity contribution >= 4 is 59.5 Å². The largest absolute Gasteiger partial charge is 0.458 e. The van der Waals surface area contributed by atoms with Crippen LogP contribution < -0.4 is 23.7 Å². The number of carbonyl (C=O) groups excluding carboxylic acids is 10. The van der Waals surface area contributed by atoms with Gasteiger partial charge in [0.25, 0.3) is 0 Å². The highest BCUT2D eigenvalue weighted by molar-refractivity contribution is 6.00. The van der Waals surface area contributed by atoms with Crippen LogP contribution in [0, 0.1) is 5.92 Å². The first kappa shape index (κ1) is 52.0. The summed E-state index contributed by atoms with van der Waals surface area (Å²) in [6.45, 7) is 3.51. The maximum absolute atomic E-state index is 14.6. The van der Waals surface area contributed by atoms with E-state index in [1.165, 1.54) is 121 Å². The Balaban J connectivity index is 1.71. The predicted octanol–water partition coefficient (Wildman–Crippen LogP) is 6.67. The molecule has 0 saturated carbocycles. The van der Waals surface area contributed by atoms with E-state index in [0.717, 1.165) is 34.6 Å². The molecule has 19 nitrogen and oxygen atoms in total. The van der Waals surface area contributed by atoms with Crippen molar-refractivity contribution in [1.29, 1.82) is 0 Å². The Hall–Kier alpha value is -9.00. The summed E-state index contributed by atoms with van der Waals surface area (Å²) in [5.74, 6) is -12.5. The van der Waals surface area contributed by atoms with Gasteiger partial charge in [0.15, 0.2) is 5.78 Å². The molecule has 0 bridgehead atoms. The first-order valence-electron chi connectivity index (χ1n) is 21.1. The van der Waals surface area contributed by atoms with E-state index in [1.54, 1.807) is 0 Å². The number of carbonyl (C=O) groups is 10. The molecule has 0 fully saturated rings. The molecule has 19 heteroatoms. The highest BCUT2D eigenvalue weighted by Crippen LogP contribution is 2.32. The summed E-state index contributed by atoms with van der Waals surface area (Å²) < 4.78 is 49.7. The standard InChI is InChI=1S/C51H44O19/c1-29(52)64-41-21-11-6-16-34(41)40(57)26-39(46(69-50(60)37-19-9-14-24-44(37)67-32(4)55)27-62-48(58)35-17-7-12-22-42(35)65-30(2)53)47(70-51(61)38-20-10-15-25-45(38)68-33(5)56)28-63-49(59)36-18-8-13-23-43(36)66-31(3)54/h6-25,39,46-47H,26-28H2,1-5H3. The Bertz CT molecular complexity index is 2660. The average Bonchev–Trinajstić information content (AvgIpc) is 3.30. The molecule has 0 radical (unpaired) electrons. The number of benzene rings is 5. The van der Waals surface area contributed by atoms with Gasteiger partial charge in [0.05, 0.1) is 5.56 Å². The highest BCUT2D eigenvalue weighted by atomic mass is 16.6. The first-order valence-corrected chi connectivity index (χ1v) is 21.1. The fourth-order valence-corrected chi connectivity index (χ4v) is 6.65. The fraction of sp³-hybridized carbons (Fsp3) is 0.216. The lowest BCUT2D eigenvalue weighted by Crippen LogP contribution is -2.44. The number of para-hydroxylation sites is 5. The van der Waals surface area contributed by atoms with Gasteiger partial charge < -0.3 is 42.6 Å². The monoisotopic (exact) mass is 960 g/mol. The van der Waals surface area contributed by atoms with Gasteiger partial charge in [0.2, 0.25) is 0 Å². The third-order valence-corrected chi connectivity index (χ3v) is 9.53. The van der Waals surface area contributed by atoms with E-state index < -0.39 is 97.3 Å². The summed E-state index contributed by atoms with van der Waals surface area (Å²) >= 11 is 0. The molecule has 0 N–H and O–H groups in total. The summed E-state index contributed by atoms with van der Waals surface area (Å²) in [5, 5.41) is 0. The quantitative estimate of drug-likeness (QED) is 0.0342. The SMILES string of the molecule is CC(=O)Oc1ccccc1C(=O)CC(C(COC(=O)c1ccccc1OC(C)=O)OC(=O)c1ccccc1OC(C)=O)C(COC(=O)c1ccccc1OC(C)=O)OC(=O)c1ccccc1OC(C)=O. The van der Waals surface area contributed by atoms with Crippen LogP contribution in [0.25, 0.3) is 0 Å². The molecule has 0 aliphatic rings. The van der Waals surface area contributed by atoms with Gasteiger partial charge in [-0.05, 0) is 60.7 Å². The molecule has 362 valence electrons. The molecule has 5 rings (SSSR count). The number of esters is 9. The van der Waals surface area contributed by atoms with Crippen molar-refractivity contribution in [2.45, 2.75) is 53.2 Å². The van der Waals surface area contributed by atoms with E-state index in [0.29, 0.717) is 0 Å². The summed E-state index contributed by atoms with van der Waals surface area (Å²) in [7, 11) is 0. The number of ether oxygens (including phenoxy) is 9. The number of Topliss-reactive ketones (excluding diaryl/α,β-unsaturated/α-hetero) is 1. The zero-order valence-corrected chi connectivity index (χ0v) is 38.2. The van der Waals surface area contributed by atoms with Gasteiger partial charge in [-0.3, -0.25) is 28.8 Å². The summed E-state index contributed by atoms with van der Waals surface area (Å²) in [6, 6.07) is 27.3.